The topological polar surface area (TPSA) is 63.3 Å². The summed E-state index contributed by atoms with van der Waals surface area (Å²) in [6.45, 7) is 7.83. The first kappa shape index (κ1) is 24.3. The van der Waals surface area contributed by atoms with Gasteiger partial charge in [0.25, 0.3) is 0 Å². The summed E-state index contributed by atoms with van der Waals surface area (Å²) in [7, 11) is 5.79. The van der Waals surface area contributed by atoms with Gasteiger partial charge in [-0.1, -0.05) is 11.6 Å². The first-order chi connectivity index (χ1) is 13.9. The molecular weight excluding hydrogens is 370 g/mol. The van der Waals surface area contributed by atoms with Gasteiger partial charge in [-0.05, 0) is 66.6 Å². The minimum absolute atomic E-state index is 0.102. The van der Waals surface area contributed by atoms with Gasteiger partial charge >= 0.3 is 0 Å². The number of carbonyl (C=O) groups excluding carboxylic acids is 1. The molecule has 7 nitrogen and oxygen atoms in total. The van der Waals surface area contributed by atoms with Crippen molar-refractivity contribution in [3.63, 3.8) is 0 Å². The minimum atomic E-state index is -0.356. The molecule has 2 fully saturated rings. The molecule has 0 aromatic carbocycles. The number of amides is 1. The van der Waals surface area contributed by atoms with Gasteiger partial charge in [0.15, 0.2) is 6.29 Å². The molecular formula is C22H41N3O4. The molecule has 0 bridgehead atoms. The molecule has 4 atom stereocenters. The Labute approximate surface area is 176 Å². The van der Waals surface area contributed by atoms with Gasteiger partial charge in [0.1, 0.15) is 6.10 Å². The molecule has 1 amide bonds. The average Bonchev–Trinajstić information content (AvgIpc) is 2.92. The number of hydrogen-bond donors (Lipinski definition) is 1. The second-order valence-electron chi connectivity index (χ2n) is 8.43. The van der Waals surface area contributed by atoms with Gasteiger partial charge in [-0.2, -0.15) is 0 Å². The molecule has 2 heterocycles. The van der Waals surface area contributed by atoms with E-state index in [2.05, 4.69) is 49.1 Å². The molecule has 0 aromatic heterocycles. The van der Waals surface area contributed by atoms with E-state index in [0.717, 1.165) is 45.2 Å². The molecule has 0 aliphatic carbocycles. The van der Waals surface area contributed by atoms with Crippen LogP contribution >= 0.6 is 0 Å². The van der Waals surface area contributed by atoms with Crippen molar-refractivity contribution in [2.75, 3.05) is 54.0 Å². The molecule has 0 radical (unpaired) electrons. The Bertz CT molecular complexity index is 526. The number of methoxy groups -OCH3 is 1. The van der Waals surface area contributed by atoms with Crippen molar-refractivity contribution in [2.45, 2.75) is 70.5 Å². The van der Waals surface area contributed by atoms with Gasteiger partial charge in [0, 0.05) is 32.8 Å². The molecule has 2 rings (SSSR count). The van der Waals surface area contributed by atoms with Gasteiger partial charge in [-0.15, -0.1) is 0 Å². The van der Waals surface area contributed by atoms with Gasteiger partial charge < -0.3 is 24.4 Å². The molecule has 7 heteroatoms. The second kappa shape index (κ2) is 12.6. The predicted molar refractivity (Wildman–Crippen MR) is 115 cm³/mol. The van der Waals surface area contributed by atoms with Crippen molar-refractivity contribution >= 4 is 5.91 Å². The number of nitrogens with zero attached hydrogens (tertiary/aromatic N) is 2. The summed E-state index contributed by atoms with van der Waals surface area (Å²) < 4.78 is 17.5. The second-order valence-corrected chi connectivity index (χ2v) is 8.43. The van der Waals surface area contributed by atoms with Crippen molar-refractivity contribution in [1.29, 1.82) is 0 Å². The summed E-state index contributed by atoms with van der Waals surface area (Å²) in [5, 5.41) is 3.03. The highest BCUT2D eigenvalue weighted by molar-refractivity contribution is 5.77. The van der Waals surface area contributed by atoms with Crippen LogP contribution in [0.3, 0.4) is 0 Å². The molecule has 2 aliphatic heterocycles. The number of rotatable bonds is 9. The van der Waals surface area contributed by atoms with E-state index in [4.69, 9.17) is 14.2 Å². The largest absolute Gasteiger partial charge is 0.371 e. The first-order valence-corrected chi connectivity index (χ1v) is 11.0. The fourth-order valence-electron chi connectivity index (χ4n) is 4.19. The number of allylic oxidation sites excluding steroid dienone is 1. The summed E-state index contributed by atoms with van der Waals surface area (Å²) >= 11 is 0. The Morgan fingerprint density at radius 1 is 1.34 bits per heavy atom. The summed E-state index contributed by atoms with van der Waals surface area (Å²) in [6, 6.07) is 0.253. The van der Waals surface area contributed by atoms with Crippen LogP contribution in [0.15, 0.2) is 11.6 Å². The van der Waals surface area contributed by atoms with Crippen molar-refractivity contribution in [2.24, 2.45) is 0 Å². The van der Waals surface area contributed by atoms with Crippen LogP contribution in [0, 0.1) is 0 Å². The van der Waals surface area contributed by atoms with E-state index >= 15 is 0 Å². The first-order valence-electron chi connectivity index (χ1n) is 11.0. The molecule has 0 aromatic rings. The quantitative estimate of drug-likeness (QED) is 0.463. The Kier molecular flexibility index (Phi) is 10.6. The molecule has 2 aliphatic rings. The lowest BCUT2D eigenvalue weighted by atomic mass is 9.99. The maximum Gasteiger partial charge on any atom is 0.234 e. The molecule has 0 unspecified atom stereocenters. The maximum atomic E-state index is 12.3. The van der Waals surface area contributed by atoms with Gasteiger partial charge in [-0.3, -0.25) is 9.69 Å². The van der Waals surface area contributed by atoms with E-state index in [1.807, 2.05) is 0 Å². The number of likely N-dealkylation sites (tertiary alicyclic amines) is 1. The fraction of sp³-hybridized carbons (Fsp3) is 0.864. The number of carbonyl (C=O) groups is 1. The third-order valence-corrected chi connectivity index (χ3v) is 5.93. The number of hydrogen-bond acceptors (Lipinski definition) is 6. The van der Waals surface area contributed by atoms with E-state index in [9.17, 15) is 4.79 Å². The zero-order chi connectivity index (χ0) is 21.2. The zero-order valence-corrected chi connectivity index (χ0v) is 19.0. The Balaban J connectivity index is 1.67. The van der Waals surface area contributed by atoms with Crippen LogP contribution in [0.4, 0.5) is 0 Å². The lowest BCUT2D eigenvalue weighted by molar-refractivity contribution is -0.254. The van der Waals surface area contributed by atoms with Crippen LogP contribution in [0.2, 0.25) is 0 Å². The van der Waals surface area contributed by atoms with E-state index < -0.39 is 0 Å². The van der Waals surface area contributed by atoms with E-state index in [0.29, 0.717) is 19.7 Å². The molecule has 1 N–H and O–H groups in total. The zero-order valence-electron chi connectivity index (χ0n) is 19.0. The molecule has 0 saturated carbocycles. The fourth-order valence-corrected chi connectivity index (χ4v) is 4.19. The van der Waals surface area contributed by atoms with E-state index in [-0.39, 0.29) is 30.4 Å². The predicted octanol–water partition coefficient (Wildman–Crippen LogP) is 2.02. The van der Waals surface area contributed by atoms with E-state index in [1.54, 1.807) is 7.11 Å². The number of likely N-dealkylation sites (N-methyl/N-ethyl adjacent to an activating group) is 1. The summed E-state index contributed by atoms with van der Waals surface area (Å²) in [4.78, 5) is 16.7. The lowest BCUT2D eigenvalue weighted by Gasteiger charge is -2.42. The maximum absolute atomic E-state index is 12.3. The average molecular weight is 412 g/mol. The number of ether oxygens (including phenoxy) is 3. The standard InChI is InChI=1S/C22H41N3O4/c1-6-18-9-7-12-25(13-10-18)16-20(26)23-11-8-14-28-21-19(24(3)4)15-17(2)29-22(21)27-5/h6,17,19,21-22H,7-16H2,1-5H3,(H,23,26)/b18-6-/t17-,19+,21-,22-/m1/s1. The van der Waals surface area contributed by atoms with Crippen LogP contribution in [-0.2, 0) is 19.0 Å². The van der Waals surface area contributed by atoms with Crippen LogP contribution in [-0.4, -0.2) is 94.2 Å². The number of nitrogens with one attached hydrogen (secondary N) is 1. The Morgan fingerprint density at radius 3 is 2.83 bits per heavy atom. The minimum Gasteiger partial charge on any atom is -0.371 e. The lowest BCUT2D eigenvalue weighted by Crippen LogP contribution is -2.55. The van der Waals surface area contributed by atoms with Crippen LogP contribution in [0.5, 0.6) is 0 Å². The van der Waals surface area contributed by atoms with Crippen molar-refractivity contribution in [3.8, 4) is 0 Å². The third kappa shape index (κ3) is 7.98. The summed E-state index contributed by atoms with van der Waals surface area (Å²) in [5.74, 6) is 0.102. The van der Waals surface area contributed by atoms with Crippen LogP contribution in [0.25, 0.3) is 0 Å². The SMILES string of the molecule is C/C=C1/CCCN(CC(=O)NCCCO[C@H]2[C@H](OC)O[C@H](C)C[C@@H]2N(C)C)CC1. The highest BCUT2D eigenvalue weighted by atomic mass is 16.7. The van der Waals surface area contributed by atoms with Crippen molar-refractivity contribution in [3.05, 3.63) is 11.6 Å². The highest BCUT2D eigenvalue weighted by Gasteiger charge is 2.39. The van der Waals surface area contributed by atoms with Gasteiger partial charge in [0.2, 0.25) is 5.91 Å². The van der Waals surface area contributed by atoms with Crippen LogP contribution < -0.4 is 5.32 Å². The monoisotopic (exact) mass is 411 g/mol. The van der Waals surface area contributed by atoms with E-state index in [1.165, 1.54) is 5.57 Å². The molecule has 29 heavy (non-hydrogen) atoms. The highest BCUT2D eigenvalue weighted by Crippen LogP contribution is 2.26. The van der Waals surface area contributed by atoms with Crippen molar-refractivity contribution < 1.29 is 19.0 Å². The van der Waals surface area contributed by atoms with Crippen LogP contribution in [0.1, 0.15) is 46.0 Å². The Hall–Kier alpha value is -0.990. The third-order valence-electron chi connectivity index (χ3n) is 5.93. The van der Waals surface area contributed by atoms with Gasteiger partial charge in [0.05, 0.1) is 12.6 Å². The van der Waals surface area contributed by atoms with Gasteiger partial charge in [-0.25, -0.2) is 0 Å². The molecule has 2 saturated heterocycles. The normalized spacial score (nSPS) is 30.5. The molecule has 0 spiro atoms. The van der Waals surface area contributed by atoms with Crippen molar-refractivity contribution in [1.82, 2.24) is 15.1 Å². The summed E-state index contributed by atoms with van der Waals surface area (Å²) in [6.07, 6.45) is 6.95. The summed E-state index contributed by atoms with van der Waals surface area (Å²) in [5.41, 5.74) is 1.51. The smallest absolute Gasteiger partial charge is 0.234 e. The Morgan fingerprint density at radius 2 is 2.14 bits per heavy atom. The molecule has 168 valence electrons.